The highest BCUT2D eigenvalue weighted by atomic mass is 32.2. The summed E-state index contributed by atoms with van der Waals surface area (Å²) < 4.78 is 52.8. The van der Waals surface area contributed by atoms with E-state index in [9.17, 15) is 26.8 Å². The van der Waals surface area contributed by atoms with Crippen LogP contribution in [0.2, 0.25) is 0 Å². The molecule has 25 heavy (non-hydrogen) atoms. The lowest BCUT2D eigenvalue weighted by molar-refractivity contribution is -0.135. The van der Waals surface area contributed by atoms with Gasteiger partial charge in [0.1, 0.15) is 22.6 Å². The number of hydrogen-bond acceptors (Lipinski definition) is 4. The normalized spacial score (nSPS) is 22.1. The van der Waals surface area contributed by atoms with Crippen LogP contribution in [-0.4, -0.2) is 61.7 Å². The molecule has 0 aliphatic carbocycles. The monoisotopic (exact) mass is 373 g/mol. The molecule has 0 bridgehead atoms. The van der Waals surface area contributed by atoms with Crippen molar-refractivity contribution in [2.75, 3.05) is 26.2 Å². The van der Waals surface area contributed by atoms with E-state index < -0.39 is 32.6 Å². The van der Waals surface area contributed by atoms with Gasteiger partial charge in [0.25, 0.3) is 0 Å². The molecule has 2 amide bonds. The molecule has 10 heteroatoms. The van der Waals surface area contributed by atoms with E-state index in [-0.39, 0.29) is 38.0 Å². The predicted molar refractivity (Wildman–Crippen MR) is 82.9 cm³/mol. The molecule has 1 unspecified atom stereocenters. The number of carbonyl (C=O) groups is 2. The molecule has 2 heterocycles. The SMILES string of the molecule is O=C1CCC(C(=O)N2CCN(S(=O)(=O)c3ccc(F)cc3F)CC2)N1. The Balaban J connectivity index is 1.67. The molecular weight excluding hydrogens is 356 g/mol. The summed E-state index contributed by atoms with van der Waals surface area (Å²) in [6.45, 7) is 0.303. The summed E-state index contributed by atoms with van der Waals surface area (Å²) in [4.78, 5) is 24.4. The van der Waals surface area contributed by atoms with Gasteiger partial charge in [-0.3, -0.25) is 9.59 Å². The number of sulfonamides is 1. The largest absolute Gasteiger partial charge is 0.344 e. The maximum atomic E-state index is 13.8. The van der Waals surface area contributed by atoms with Crippen LogP contribution in [-0.2, 0) is 19.6 Å². The van der Waals surface area contributed by atoms with Crippen molar-refractivity contribution in [3.63, 3.8) is 0 Å². The van der Waals surface area contributed by atoms with Crippen molar-refractivity contribution in [1.82, 2.24) is 14.5 Å². The van der Waals surface area contributed by atoms with Gasteiger partial charge in [-0.15, -0.1) is 0 Å². The third kappa shape index (κ3) is 3.49. The van der Waals surface area contributed by atoms with Crippen LogP contribution in [0.5, 0.6) is 0 Å². The third-order valence-corrected chi connectivity index (χ3v) is 6.29. The number of benzene rings is 1. The first kappa shape index (κ1) is 17.7. The highest BCUT2D eigenvalue weighted by Gasteiger charge is 2.35. The fourth-order valence-electron chi connectivity index (χ4n) is 2.99. The lowest BCUT2D eigenvalue weighted by Crippen LogP contribution is -2.54. The average Bonchev–Trinajstić information content (AvgIpc) is 3.00. The topological polar surface area (TPSA) is 86.8 Å². The number of hydrogen-bond donors (Lipinski definition) is 1. The fraction of sp³-hybridized carbons (Fsp3) is 0.467. The van der Waals surface area contributed by atoms with Gasteiger partial charge >= 0.3 is 0 Å². The van der Waals surface area contributed by atoms with Crippen LogP contribution >= 0.6 is 0 Å². The Labute approximate surface area is 143 Å². The number of rotatable bonds is 3. The predicted octanol–water partition coefficient (Wildman–Crippen LogP) is 0.0763. The molecule has 1 aromatic rings. The number of piperazine rings is 1. The van der Waals surface area contributed by atoms with Crippen LogP contribution in [0.25, 0.3) is 0 Å². The van der Waals surface area contributed by atoms with Gasteiger partial charge in [-0.2, -0.15) is 4.31 Å². The molecule has 1 atom stereocenters. The van der Waals surface area contributed by atoms with E-state index in [1.54, 1.807) is 0 Å². The lowest BCUT2D eigenvalue weighted by Gasteiger charge is -2.35. The quantitative estimate of drug-likeness (QED) is 0.813. The van der Waals surface area contributed by atoms with Crippen LogP contribution in [0.1, 0.15) is 12.8 Å². The summed E-state index contributed by atoms with van der Waals surface area (Å²) >= 11 is 0. The van der Waals surface area contributed by atoms with E-state index in [4.69, 9.17) is 0 Å². The summed E-state index contributed by atoms with van der Waals surface area (Å²) in [6, 6.07) is 1.74. The van der Waals surface area contributed by atoms with Crippen molar-refractivity contribution in [2.45, 2.75) is 23.8 Å². The second-order valence-electron chi connectivity index (χ2n) is 5.96. The van der Waals surface area contributed by atoms with Crippen molar-refractivity contribution in [2.24, 2.45) is 0 Å². The van der Waals surface area contributed by atoms with Gasteiger partial charge in [0.15, 0.2) is 0 Å². The van der Waals surface area contributed by atoms with Crippen LogP contribution < -0.4 is 5.32 Å². The molecule has 2 saturated heterocycles. The Hall–Kier alpha value is -2.07. The van der Waals surface area contributed by atoms with Crippen LogP contribution in [0, 0.1) is 11.6 Å². The summed E-state index contributed by atoms with van der Waals surface area (Å²) in [6.07, 6.45) is 0.728. The zero-order valence-corrected chi connectivity index (χ0v) is 14.1. The van der Waals surface area contributed by atoms with Crippen molar-refractivity contribution < 1.29 is 26.8 Å². The van der Waals surface area contributed by atoms with Gasteiger partial charge in [0, 0.05) is 38.7 Å². The van der Waals surface area contributed by atoms with Gasteiger partial charge in [-0.05, 0) is 18.6 Å². The highest BCUT2D eigenvalue weighted by Crippen LogP contribution is 2.22. The van der Waals surface area contributed by atoms with Crippen molar-refractivity contribution >= 4 is 21.8 Å². The van der Waals surface area contributed by atoms with E-state index >= 15 is 0 Å². The first-order chi connectivity index (χ1) is 11.8. The molecule has 3 rings (SSSR count). The second-order valence-corrected chi connectivity index (χ2v) is 7.87. The standard InChI is InChI=1S/C15H17F2N3O4S/c16-10-1-3-13(11(17)9-10)25(23,24)20-7-5-19(6-8-20)15(22)12-2-4-14(21)18-12/h1,3,9,12H,2,4-8H2,(H,18,21). The number of carbonyl (C=O) groups excluding carboxylic acids is 2. The summed E-state index contributed by atoms with van der Waals surface area (Å²) in [7, 11) is -4.10. The van der Waals surface area contributed by atoms with Crippen molar-refractivity contribution in [1.29, 1.82) is 0 Å². The molecule has 2 aliphatic heterocycles. The van der Waals surface area contributed by atoms with Crippen molar-refractivity contribution in [3.05, 3.63) is 29.8 Å². The molecule has 0 saturated carbocycles. The number of halogens is 2. The van der Waals surface area contributed by atoms with E-state index in [0.717, 1.165) is 16.4 Å². The molecule has 0 aromatic heterocycles. The number of nitrogens with zero attached hydrogens (tertiary/aromatic N) is 2. The van der Waals surface area contributed by atoms with Gasteiger partial charge in [0.2, 0.25) is 21.8 Å². The third-order valence-electron chi connectivity index (χ3n) is 4.36. The Morgan fingerprint density at radius 2 is 1.84 bits per heavy atom. The zero-order valence-electron chi connectivity index (χ0n) is 13.2. The van der Waals surface area contributed by atoms with Crippen LogP contribution in [0.4, 0.5) is 8.78 Å². The molecule has 2 aliphatic rings. The first-order valence-corrected chi connectivity index (χ1v) is 9.26. The Morgan fingerprint density at radius 1 is 1.16 bits per heavy atom. The fourth-order valence-corrected chi connectivity index (χ4v) is 4.46. The summed E-state index contributed by atoms with van der Waals surface area (Å²) in [5, 5.41) is 2.58. The Kier molecular flexibility index (Phi) is 4.74. The maximum Gasteiger partial charge on any atom is 0.246 e. The molecule has 1 aromatic carbocycles. The minimum Gasteiger partial charge on any atom is -0.344 e. The Morgan fingerprint density at radius 3 is 2.40 bits per heavy atom. The van der Waals surface area contributed by atoms with Gasteiger partial charge in [-0.25, -0.2) is 17.2 Å². The van der Waals surface area contributed by atoms with E-state index in [0.29, 0.717) is 18.9 Å². The molecule has 0 radical (unpaired) electrons. The van der Waals surface area contributed by atoms with Gasteiger partial charge in [-0.1, -0.05) is 0 Å². The second kappa shape index (κ2) is 6.68. The molecular formula is C15H17F2N3O4S. The minimum absolute atomic E-state index is 0.00551. The first-order valence-electron chi connectivity index (χ1n) is 7.82. The zero-order chi connectivity index (χ0) is 18.2. The lowest BCUT2D eigenvalue weighted by atomic mass is 10.2. The smallest absolute Gasteiger partial charge is 0.246 e. The van der Waals surface area contributed by atoms with E-state index in [2.05, 4.69) is 5.32 Å². The van der Waals surface area contributed by atoms with Crippen LogP contribution in [0.3, 0.4) is 0 Å². The van der Waals surface area contributed by atoms with Gasteiger partial charge in [0.05, 0.1) is 0 Å². The number of nitrogens with one attached hydrogen (secondary N) is 1. The summed E-state index contributed by atoms with van der Waals surface area (Å²) in [5.41, 5.74) is 0. The number of amides is 2. The van der Waals surface area contributed by atoms with Crippen LogP contribution in [0.15, 0.2) is 23.1 Å². The average molecular weight is 373 g/mol. The van der Waals surface area contributed by atoms with Crippen molar-refractivity contribution in [3.8, 4) is 0 Å². The molecule has 2 fully saturated rings. The maximum absolute atomic E-state index is 13.8. The molecule has 0 spiro atoms. The Bertz CT molecular complexity index is 807. The van der Waals surface area contributed by atoms with Gasteiger partial charge < -0.3 is 10.2 Å². The van der Waals surface area contributed by atoms with E-state index in [1.807, 2.05) is 0 Å². The van der Waals surface area contributed by atoms with E-state index in [1.165, 1.54) is 4.90 Å². The molecule has 1 N–H and O–H groups in total. The minimum atomic E-state index is -4.10. The molecule has 136 valence electrons. The summed E-state index contributed by atoms with van der Waals surface area (Å²) in [5.74, 6) is -2.42. The molecule has 7 nitrogen and oxygen atoms in total. The highest BCUT2D eigenvalue weighted by molar-refractivity contribution is 7.89.